The van der Waals surface area contributed by atoms with Crippen molar-refractivity contribution in [3.05, 3.63) is 68.1 Å². The number of phenols is 1. The summed E-state index contributed by atoms with van der Waals surface area (Å²) in [6, 6.07) is 9.27. The van der Waals surface area contributed by atoms with Crippen LogP contribution in [0.15, 0.2) is 52.3 Å². The minimum atomic E-state index is -1.21. The van der Waals surface area contributed by atoms with Gasteiger partial charge < -0.3 is 25.6 Å². The fraction of sp³-hybridized carbons (Fsp3) is 0.286. The normalized spacial score (nSPS) is 19.0. The number of amides is 5. The fourth-order valence-electron chi connectivity index (χ4n) is 5.08. The predicted molar refractivity (Wildman–Crippen MR) is 155 cm³/mol. The number of phenolic OH excluding ortho intramolecular Hbond substituents is 1. The van der Waals surface area contributed by atoms with Crippen molar-refractivity contribution in [3.63, 3.8) is 0 Å². The Morgan fingerprint density at radius 2 is 1.74 bits per heavy atom. The number of carbonyl (C=O) groups excluding carboxylic acids is 5. The van der Waals surface area contributed by atoms with Crippen LogP contribution in [0.2, 0.25) is 0 Å². The van der Waals surface area contributed by atoms with Gasteiger partial charge in [0.1, 0.15) is 11.8 Å². The summed E-state index contributed by atoms with van der Waals surface area (Å²) in [4.78, 5) is 77.2. The molecule has 0 spiro atoms. The first-order valence-electron chi connectivity index (χ1n) is 13.2. The molecule has 15 heteroatoms. The monoisotopic (exact) mass is 626 g/mol. The molecule has 0 aliphatic carbocycles. The van der Waals surface area contributed by atoms with E-state index in [1.165, 1.54) is 41.0 Å². The molecule has 1 saturated heterocycles. The highest BCUT2D eigenvalue weighted by atomic mass is 32.2. The molecule has 5 amide bonds. The molecule has 13 nitrogen and oxygen atoms in total. The summed E-state index contributed by atoms with van der Waals surface area (Å²) in [5.41, 5.74) is 6.51. The number of nitrogens with two attached hydrogens (primary N) is 1. The summed E-state index contributed by atoms with van der Waals surface area (Å²) in [6.07, 6.45) is 0. The molecule has 1 aromatic heterocycles. The van der Waals surface area contributed by atoms with Gasteiger partial charge in [-0.25, -0.2) is 9.59 Å². The Labute approximate surface area is 252 Å². The quantitative estimate of drug-likeness (QED) is 0.248. The Kier molecular flexibility index (Phi) is 8.28. The van der Waals surface area contributed by atoms with Crippen LogP contribution < -0.4 is 20.7 Å². The number of nitrogens with zero attached hydrogens (tertiary/aromatic N) is 2. The van der Waals surface area contributed by atoms with Gasteiger partial charge in [-0.15, -0.1) is 0 Å². The van der Waals surface area contributed by atoms with E-state index in [2.05, 4.69) is 5.32 Å². The van der Waals surface area contributed by atoms with Crippen molar-refractivity contribution in [1.82, 2.24) is 9.47 Å². The fourth-order valence-corrected chi connectivity index (χ4v) is 7.85. The van der Waals surface area contributed by atoms with Gasteiger partial charge in [0, 0.05) is 16.5 Å². The largest absolute Gasteiger partial charge is 0.504 e. The van der Waals surface area contributed by atoms with E-state index in [-0.39, 0.29) is 24.7 Å². The van der Waals surface area contributed by atoms with E-state index in [1.54, 1.807) is 19.9 Å². The van der Waals surface area contributed by atoms with E-state index in [1.807, 2.05) is 0 Å². The number of hydrogen-bond donors (Lipinski definition) is 3. The summed E-state index contributed by atoms with van der Waals surface area (Å²) in [7, 11) is 0. The maximum atomic E-state index is 13.4. The smallest absolute Gasteiger partial charge is 0.338 e. The number of hydrogen-bond acceptors (Lipinski definition) is 11. The number of urea groups is 1. The number of esters is 1. The van der Waals surface area contributed by atoms with Gasteiger partial charge >= 0.3 is 16.9 Å². The van der Waals surface area contributed by atoms with Crippen molar-refractivity contribution in [2.75, 3.05) is 18.5 Å². The van der Waals surface area contributed by atoms with Crippen LogP contribution in [0.25, 0.3) is 0 Å². The van der Waals surface area contributed by atoms with Gasteiger partial charge in [0.15, 0.2) is 11.5 Å². The first-order valence-corrected chi connectivity index (χ1v) is 14.8. The van der Waals surface area contributed by atoms with E-state index in [9.17, 15) is 33.9 Å². The topological polar surface area (TPSA) is 187 Å². The molecule has 2 aliphatic rings. The van der Waals surface area contributed by atoms with E-state index < -0.39 is 58.2 Å². The molecule has 1 fully saturated rings. The second kappa shape index (κ2) is 11.9. The van der Waals surface area contributed by atoms with E-state index in [4.69, 9.17) is 15.2 Å². The number of imide groups is 3. The summed E-state index contributed by atoms with van der Waals surface area (Å²) >= 11 is 1.74. The van der Waals surface area contributed by atoms with Crippen molar-refractivity contribution in [1.29, 1.82) is 0 Å². The van der Waals surface area contributed by atoms with Gasteiger partial charge in [-0.05, 0) is 55.8 Å². The predicted octanol–water partition coefficient (Wildman–Crippen LogP) is 2.50. The summed E-state index contributed by atoms with van der Waals surface area (Å²) in [5, 5.41) is 12.1. The van der Waals surface area contributed by atoms with E-state index in [0.29, 0.717) is 31.6 Å². The highest BCUT2D eigenvalue weighted by molar-refractivity contribution is 8.00. The van der Waals surface area contributed by atoms with Crippen molar-refractivity contribution >= 4 is 58.5 Å². The molecule has 5 rings (SSSR count). The molecule has 3 heterocycles. The molecule has 2 aromatic carbocycles. The van der Waals surface area contributed by atoms with Crippen molar-refractivity contribution in [3.8, 4) is 11.5 Å². The average Bonchev–Trinajstić information content (AvgIpc) is 3.41. The molecule has 224 valence electrons. The average molecular weight is 627 g/mol. The molecular formula is C28H26N4O9S2. The SMILES string of the molecule is CCOC(=O)c1ccc(NC(=O)Cn2c3c(sc2=O)[C@@H](c2ccc(O)c(OCC)c2)[C@H]2C(=O)N(C(N)=O)C(=O)[C@H]2S3)cc1. The second-order valence-corrected chi connectivity index (χ2v) is 11.6. The standard InChI is InChI=1S/C28H26N4O9S2/c1-3-40-17-11-14(7-10-16(17)33)19-20-21(24(36)32(23(20)35)27(29)38)42-25-22(19)43-28(39)31(25)12-18(34)30-15-8-5-13(6-9-15)26(37)41-4-2/h5-11,19-21,33H,3-4,12H2,1-2H3,(H2,29,38)(H,30,34)/t19-,20+,21-/m0/s1. The molecule has 0 bridgehead atoms. The number of ether oxygens (including phenoxy) is 2. The molecule has 4 N–H and O–H groups in total. The Balaban J connectivity index is 1.50. The lowest BCUT2D eigenvalue weighted by Gasteiger charge is -2.31. The summed E-state index contributed by atoms with van der Waals surface area (Å²) < 4.78 is 11.7. The Bertz CT molecular complexity index is 1700. The maximum Gasteiger partial charge on any atom is 0.338 e. The Morgan fingerprint density at radius 1 is 1.02 bits per heavy atom. The van der Waals surface area contributed by atoms with Crippen LogP contribution in [0.5, 0.6) is 11.5 Å². The molecule has 3 aromatic rings. The van der Waals surface area contributed by atoms with Gasteiger partial charge in [-0.3, -0.25) is 23.7 Å². The molecule has 2 aliphatic heterocycles. The molecule has 0 unspecified atom stereocenters. The zero-order valence-electron chi connectivity index (χ0n) is 22.9. The van der Waals surface area contributed by atoms with Crippen LogP contribution in [0.4, 0.5) is 10.5 Å². The number of carbonyl (C=O) groups is 5. The minimum Gasteiger partial charge on any atom is -0.504 e. The van der Waals surface area contributed by atoms with Crippen molar-refractivity contribution in [2.45, 2.75) is 36.6 Å². The lowest BCUT2D eigenvalue weighted by molar-refractivity contribution is -0.135. The van der Waals surface area contributed by atoms with Gasteiger partial charge in [-0.2, -0.15) is 4.90 Å². The first-order chi connectivity index (χ1) is 20.5. The van der Waals surface area contributed by atoms with Crippen LogP contribution in [-0.2, 0) is 25.7 Å². The van der Waals surface area contributed by atoms with Crippen LogP contribution >= 0.6 is 23.1 Å². The van der Waals surface area contributed by atoms with Gasteiger partial charge in [-0.1, -0.05) is 29.2 Å². The number of rotatable bonds is 8. The van der Waals surface area contributed by atoms with Gasteiger partial charge in [0.25, 0.3) is 5.91 Å². The number of likely N-dealkylation sites (tertiary alicyclic amines) is 1. The van der Waals surface area contributed by atoms with Crippen molar-refractivity contribution in [2.24, 2.45) is 11.7 Å². The van der Waals surface area contributed by atoms with Crippen molar-refractivity contribution < 1.29 is 38.6 Å². The number of aromatic hydroxyl groups is 1. The zero-order valence-corrected chi connectivity index (χ0v) is 24.5. The number of anilines is 1. The lowest BCUT2D eigenvalue weighted by atomic mass is 9.83. The lowest BCUT2D eigenvalue weighted by Crippen LogP contribution is -2.41. The molecule has 0 saturated carbocycles. The highest BCUT2D eigenvalue weighted by Crippen LogP contribution is 2.53. The van der Waals surface area contributed by atoms with Crippen LogP contribution in [0.1, 0.15) is 40.6 Å². The molecule has 43 heavy (non-hydrogen) atoms. The van der Waals surface area contributed by atoms with Crippen LogP contribution in [-0.4, -0.2) is 62.8 Å². The number of benzene rings is 2. The van der Waals surface area contributed by atoms with E-state index in [0.717, 1.165) is 23.1 Å². The van der Waals surface area contributed by atoms with E-state index >= 15 is 0 Å². The third-order valence-corrected chi connectivity index (χ3v) is 9.50. The van der Waals surface area contributed by atoms with Crippen LogP contribution in [0, 0.1) is 5.92 Å². The second-order valence-electron chi connectivity index (χ2n) is 9.52. The number of thiazole rings is 1. The molecule has 3 atom stereocenters. The number of nitrogens with one attached hydrogen (secondary N) is 1. The third-order valence-electron chi connectivity index (χ3n) is 6.89. The Hall–Kier alpha value is -4.63. The first kappa shape index (κ1) is 29.8. The number of thioether (sulfide) groups is 1. The van der Waals surface area contributed by atoms with Gasteiger partial charge in [0.05, 0.1) is 29.7 Å². The van der Waals surface area contributed by atoms with Gasteiger partial charge in [0.2, 0.25) is 11.8 Å². The zero-order chi connectivity index (χ0) is 31.0. The van der Waals surface area contributed by atoms with Crippen LogP contribution in [0.3, 0.4) is 0 Å². The maximum absolute atomic E-state index is 13.4. The molecule has 0 radical (unpaired) electrons. The number of aromatic nitrogens is 1. The highest BCUT2D eigenvalue weighted by Gasteiger charge is 2.58. The summed E-state index contributed by atoms with van der Waals surface area (Å²) in [5.74, 6) is -4.62. The number of primary amides is 1. The summed E-state index contributed by atoms with van der Waals surface area (Å²) in [6.45, 7) is 3.47. The Morgan fingerprint density at radius 3 is 2.40 bits per heavy atom. The number of fused-ring (bicyclic) bond motifs is 2. The molecular weight excluding hydrogens is 600 g/mol. The minimum absolute atomic E-state index is 0.139. The third kappa shape index (κ3) is 5.48.